The van der Waals surface area contributed by atoms with Crippen molar-refractivity contribution in [3.8, 4) is 0 Å². The first kappa shape index (κ1) is 9.90. The number of hydrogen-bond donors (Lipinski definition) is 1. The normalized spacial score (nSPS) is 16.6. The first-order valence-electron chi connectivity index (χ1n) is 5.29. The lowest BCUT2D eigenvalue weighted by Crippen LogP contribution is -2.18. The largest absolute Gasteiger partial charge is 0.369 e. The summed E-state index contributed by atoms with van der Waals surface area (Å²) in [6, 6.07) is 3.34. The Labute approximate surface area is 97.0 Å². The van der Waals surface area contributed by atoms with Crippen LogP contribution in [0, 0.1) is 5.82 Å². The molecule has 1 heterocycles. The van der Waals surface area contributed by atoms with Gasteiger partial charge in [0.05, 0.1) is 16.1 Å². The fourth-order valence-electron chi connectivity index (χ4n) is 2.14. The minimum absolute atomic E-state index is 0.118. The predicted molar refractivity (Wildman–Crippen MR) is 62.0 cm³/mol. The van der Waals surface area contributed by atoms with Gasteiger partial charge in [-0.1, -0.05) is 11.6 Å². The highest BCUT2D eigenvalue weighted by Crippen LogP contribution is 2.37. The van der Waals surface area contributed by atoms with E-state index in [4.69, 9.17) is 17.3 Å². The number of aromatic nitrogens is 2. The Balaban J connectivity index is 2.26. The Morgan fingerprint density at radius 3 is 2.81 bits per heavy atom. The van der Waals surface area contributed by atoms with E-state index >= 15 is 0 Å². The van der Waals surface area contributed by atoms with Gasteiger partial charge in [0.15, 0.2) is 0 Å². The summed E-state index contributed by atoms with van der Waals surface area (Å²) in [7, 11) is 0. The zero-order valence-corrected chi connectivity index (χ0v) is 9.34. The number of nitrogens with zero attached hydrogens (tertiary/aromatic N) is 2. The minimum atomic E-state index is -0.451. The van der Waals surface area contributed by atoms with E-state index in [-0.39, 0.29) is 5.02 Å². The summed E-state index contributed by atoms with van der Waals surface area (Å²) in [4.78, 5) is 4.16. The second-order valence-electron chi connectivity index (χ2n) is 4.18. The van der Waals surface area contributed by atoms with Crippen molar-refractivity contribution in [2.45, 2.75) is 25.3 Å². The summed E-state index contributed by atoms with van der Waals surface area (Å²) in [6.07, 6.45) is 3.41. The molecule has 0 atom stereocenters. The van der Waals surface area contributed by atoms with Crippen molar-refractivity contribution >= 4 is 28.6 Å². The van der Waals surface area contributed by atoms with Crippen LogP contribution in [0.25, 0.3) is 11.0 Å². The van der Waals surface area contributed by atoms with Crippen molar-refractivity contribution < 1.29 is 4.39 Å². The highest BCUT2D eigenvalue weighted by atomic mass is 35.5. The Kier molecular flexibility index (Phi) is 2.07. The van der Waals surface area contributed by atoms with Crippen LogP contribution in [-0.4, -0.2) is 9.55 Å². The maximum atomic E-state index is 13.3. The maximum absolute atomic E-state index is 13.3. The number of nitrogen functional groups attached to an aromatic ring is 1. The van der Waals surface area contributed by atoms with Gasteiger partial charge in [0.1, 0.15) is 5.82 Å². The van der Waals surface area contributed by atoms with Crippen LogP contribution in [-0.2, 0) is 0 Å². The van der Waals surface area contributed by atoms with Gasteiger partial charge in [-0.2, -0.15) is 0 Å². The number of halogens is 2. The van der Waals surface area contributed by atoms with E-state index in [1.807, 2.05) is 4.57 Å². The third-order valence-corrected chi connectivity index (χ3v) is 3.49. The molecule has 1 fully saturated rings. The molecule has 2 aromatic rings. The van der Waals surface area contributed by atoms with Gasteiger partial charge < -0.3 is 10.3 Å². The molecule has 0 unspecified atom stereocenters. The lowest BCUT2D eigenvalue weighted by atomic mass is 9.93. The van der Waals surface area contributed by atoms with Gasteiger partial charge in [0, 0.05) is 12.1 Å². The van der Waals surface area contributed by atoms with Crippen LogP contribution in [0.4, 0.5) is 10.3 Å². The van der Waals surface area contributed by atoms with Gasteiger partial charge >= 0.3 is 0 Å². The highest BCUT2D eigenvalue weighted by Gasteiger charge is 2.24. The average Bonchev–Trinajstić information content (AvgIpc) is 2.43. The summed E-state index contributed by atoms with van der Waals surface area (Å²) in [5, 5.41) is 0.118. The molecule has 84 valence electrons. The molecule has 1 aromatic heterocycles. The molecular formula is C11H11ClFN3. The molecule has 2 N–H and O–H groups in total. The maximum Gasteiger partial charge on any atom is 0.201 e. The fourth-order valence-corrected chi connectivity index (χ4v) is 2.30. The Bertz CT molecular complexity index is 560. The van der Waals surface area contributed by atoms with Gasteiger partial charge in [-0.15, -0.1) is 0 Å². The molecule has 0 aliphatic heterocycles. The van der Waals surface area contributed by atoms with E-state index < -0.39 is 5.82 Å². The number of anilines is 1. The lowest BCUT2D eigenvalue weighted by molar-refractivity contribution is 0.324. The molecule has 1 aliphatic carbocycles. The van der Waals surface area contributed by atoms with E-state index in [9.17, 15) is 4.39 Å². The van der Waals surface area contributed by atoms with Crippen molar-refractivity contribution in [3.05, 3.63) is 23.0 Å². The molecule has 0 radical (unpaired) electrons. The van der Waals surface area contributed by atoms with E-state index in [2.05, 4.69) is 4.98 Å². The molecule has 3 rings (SSSR count). The van der Waals surface area contributed by atoms with Crippen LogP contribution in [0.1, 0.15) is 25.3 Å². The lowest BCUT2D eigenvalue weighted by Gasteiger charge is -2.28. The molecule has 1 aliphatic rings. The van der Waals surface area contributed by atoms with Crippen LogP contribution in [0.15, 0.2) is 12.1 Å². The van der Waals surface area contributed by atoms with Crippen LogP contribution in [0.3, 0.4) is 0 Å². The predicted octanol–water partition coefficient (Wildman–Crippen LogP) is 3.14. The first-order chi connectivity index (χ1) is 7.66. The van der Waals surface area contributed by atoms with Crippen molar-refractivity contribution in [1.82, 2.24) is 9.55 Å². The van der Waals surface area contributed by atoms with E-state index in [0.717, 1.165) is 18.4 Å². The second-order valence-corrected chi connectivity index (χ2v) is 4.59. The molecule has 0 saturated heterocycles. The van der Waals surface area contributed by atoms with E-state index in [1.165, 1.54) is 12.5 Å². The summed E-state index contributed by atoms with van der Waals surface area (Å²) >= 11 is 5.78. The van der Waals surface area contributed by atoms with Crippen molar-refractivity contribution in [3.63, 3.8) is 0 Å². The molecule has 3 nitrogen and oxygen atoms in total. The van der Waals surface area contributed by atoms with Gasteiger partial charge in [-0.3, -0.25) is 0 Å². The van der Waals surface area contributed by atoms with Crippen LogP contribution in [0.2, 0.25) is 5.02 Å². The zero-order chi connectivity index (χ0) is 11.3. The van der Waals surface area contributed by atoms with Crippen molar-refractivity contribution in [1.29, 1.82) is 0 Å². The average molecular weight is 240 g/mol. The van der Waals surface area contributed by atoms with E-state index in [1.54, 1.807) is 6.07 Å². The van der Waals surface area contributed by atoms with Crippen LogP contribution < -0.4 is 5.73 Å². The molecule has 0 bridgehead atoms. The second kappa shape index (κ2) is 3.35. The third-order valence-electron chi connectivity index (χ3n) is 3.20. The standard InChI is InChI=1S/C11H11ClFN3/c12-7-4-10-9(5-8(7)13)15-11(14)16(10)6-2-1-3-6/h4-6H,1-3H2,(H2,14,15). The molecule has 0 amide bonds. The topological polar surface area (TPSA) is 43.8 Å². The van der Waals surface area contributed by atoms with Gasteiger partial charge in [-0.05, 0) is 25.3 Å². The van der Waals surface area contributed by atoms with Crippen molar-refractivity contribution in [2.75, 3.05) is 5.73 Å². The molecule has 16 heavy (non-hydrogen) atoms. The number of benzene rings is 1. The summed E-state index contributed by atoms with van der Waals surface area (Å²) in [6.45, 7) is 0. The van der Waals surface area contributed by atoms with Crippen molar-refractivity contribution in [2.24, 2.45) is 0 Å². The minimum Gasteiger partial charge on any atom is -0.369 e. The van der Waals surface area contributed by atoms with E-state index in [0.29, 0.717) is 17.5 Å². The quantitative estimate of drug-likeness (QED) is 0.831. The van der Waals surface area contributed by atoms with Crippen LogP contribution >= 0.6 is 11.6 Å². The number of hydrogen-bond acceptors (Lipinski definition) is 2. The first-order valence-corrected chi connectivity index (χ1v) is 5.67. The number of rotatable bonds is 1. The number of nitrogens with two attached hydrogens (primary N) is 1. The molecule has 1 aromatic carbocycles. The van der Waals surface area contributed by atoms with Gasteiger partial charge in [0.25, 0.3) is 0 Å². The molecule has 1 saturated carbocycles. The Morgan fingerprint density at radius 2 is 2.19 bits per heavy atom. The third kappa shape index (κ3) is 1.29. The smallest absolute Gasteiger partial charge is 0.201 e. The number of imidazole rings is 1. The monoisotopic (exact) mass is 239 g/mol. The Morgan fingerprint density at radius 1 is 1.44 bits per heavy atom. The summed E-state index contributed by atoms with van der Waals surface area (Å²) in [5.74, 6) is -0.00575. The fraction of sp³-hybridized carbons (Fsp3) is 0.364. The summed E-state index contributed by atoms with van der Waals surface area (Å²) < 4.78 is 15.2. The van der Waals surface area contributed by atoms with Gasteiger partial charge in [-0.25, -0.2) is 9.37 Å². The molecule has 5 heteroatoms. The van der Waals surface area contributed by atoms with Gasteiger partial charge in [0.2, 0.25) is 5.95 Å². The Hall–Kier alpha value is -1.29. The number of fused-ring (bicyclic) bond motifs is 1. The molecule has 0 spiro atoms. The summed E-state index contributed by atoms with van der Waals surface area (Å²) in [5.41, 5.74) is 7.25. The van der Waals surface area contributed by atoms with Crippen LogP contribution in [0.5, 0.6) is 0 Å². The molecular weight excluding hydrogens is 229 g/mol. The SMILES string of the molecule is Nc1nc2cc(F)c(Cl)cc2n1C1CCC1. The zero-order valence-electron chi connectivity index (χ0n) is 8.58. The highest BCUT2D eigenvalue weighted by molar-refractivity contribution is 6.31.